The molecule has 4 nitrogen and oxygen atoms in total. The number of carbonyl (C=O) groups excluding carboxylic acids is 2. The second-order valence-electron chi connectivity index (χ2n) is 7.49. The van der Waals surface area contributed by atoms with Gasteiger partial charge >= 0.3 is 0 Å². The van der Waals surface area contributed by atoms with Gasteiger partial charge in [-0.1, -0.05) is 24.3 Å². The van der Waals surface area contributed by atoms with Crippen LogP contribution in [0.25, 0.3) is 0 Å². The van der Waals surface area contributed by atoms with E-state index in [1.54, 1.807) is 29.2 Å². The number of primary amides is 1. The first-order valence-electron chi connectivity index (χ1n) is 9.40. The van der Waals surface area contributed by atoms with Crippen LogP contribution < -0.4 is 5.73 Å². The summed E-state index contributed by atoms with van der Waals surface area (Å²) in [6.07, 6.45) is 1.47. The monoisotopic (exact) mass is 386 g/mol. The molecule has 1 saturated heterocycles. The van der Waals surface area contributed by atoms with Crippen molar-refractivity contribution < 1.29 is 18.4 Å². The third-order valence-electron chi connectivity index (χ3n) is 5.77. The SMILES string of the molecule is C[C@@H](c1ccc(F)cc1)N1CCC(CCC(N)=O)(c2ccc(F)cc2)CC1=O. The fourth-order valence-electron chi connectivity index (χ4n) is 4.04. The molecule has 2 aromatic carbocycles. The lowest BCUT2D eigenvalue weighted by Gasteiger charge is -2.44. The zero-order chi connectivity index (χ0) is 20.3. The molecule has 1 aliphatic heterocycles. The number of amides is 2. The van der Waals surface area contributed by atoms with Crippen LogP contribution in [0.4, 0.5) is 8.78 Å². The second-order valence-corrected chi connectivity index (χ2v) is 7.49. The molecule has 0 aromatic heterocycles. The van der Waals surface area contributed by atoms with Crippen molar-refractivity contribution in [2.24, 2.45) is 5.73 Å². The lowest BCUT2D eigenvalue weighted by atomic mass is 9.69. The summed E-state index contributed by atoms with van der Waals surface area (Å²) in [4.78, 5) is 26.2. The minimum absolute atomic E-state index is 0.0446. The van der Waals surface area contributed by atoms with Crippen LogP contribution in [0.1, 0.15) is 49.8 Å². The Morgan fingerprint density at radius 2 is 1.68 bits per heavy atom. The van der Waals surface area contributed by atoms with Crippen molar-refractivity contribution in [3.05, 3.63) is 71.3 Å². The van der Waals surface area contributed by atoms with Crippen molar-refractivity contribution >= 4 is 11.8 Å². The van der Waals surface area contributed by atoms with E-state index in [1.807, 2.05) is 6.92 Å². The van der Waals surface area contributed by atoms with E-state index in [0.717, 1.165) is 11.1 Å². The standard InChI is InChI=1S/C22H24F2N2O2/c1-15(16-2-6-18(23)7-3-16)26-13-12-22(14-21(26)28,11-10-20(25)27)17-4-8-19(24)9-5-17/h2-9,15H,10-14H2,1H3,(H2,25,27)/t15-,22?/m0/s1. The minimum atomic E-state index is -0.543. The molecule has 1 aliphatic rings. The van der Waals surface area contributed by atoms with E-state index in [-0.39, 0.29) is 36.4 Å². The predicted molar refractivity (Wildman–Crippen MR) is 102 cm³/mol. The van der Waals surface area contributed by atoms with Gasteiger partial charge in [-0.3, -0.25) is 9.59 Å². The van der Waals surface area contributed by atoms with Crippen molar-refractivity contribution in [2.75, 3.05) is 6.54 Å². The molecule has 1 fully saturated rings. The Bertz CT molecular complexity index is 852. The van der Waals surface area contributed by atoms with Crippen molar-refractivity contribution in [3.8, 4) is 0 Å². The van der Waals surface area contributed by atoms with Crippen LogP contribution in [-0.4, -0.2) is 23.3 Å². The van der Waals surface area contributed by atoms with E-state index in [4.69, 9.17) is 5.73 Å². The smallest absolute Gasteiger partial charge is 0.223 e. The van der Waals surface area contributed by atoms with Crippen LogP contribution in [0, 0.1) is 11.6 Å². The summed E-state index contributed by atoms with van der Waals surface area (Å²) in [6, 6.07) is 12.1. The molecule has 28 heavy (non-hydrogen) atoms. The Morgan fingerprint density at radius 1 is 1.11 bits per heavy atom. The van der Waals surface area contributed by atoms with Crippen molar-refractivity contribution in [3.63, 3.8) is 0 Å². The predicted octanol–water partition coefficient (Wildman–Crippen LogP) is 3.85. The van der Waals surface area contributed by atoms with E-state index in [1.165, 1.54) is 24.3 Å². The third kappa shape index (κ3) is 4.21. The van der Waals surface area contributed by atoms with Gasteiger partial charge < -0.3 is 10.6 Å². The quantitative estimate of drug-likeness (QED) is 0.820. The number of halogens is 2. The summed E-state index contributed by atoms with van der Waals surface area (Å²) in [5.74, 6) is -1.13. The summed E-state index contributed by atoms with van der Waals surface area (Å²) in [5.41, 5.74) is 6.51. The van der Waals surface area contributed by atoms with Gasteiger partial charge in [-0.25, -0.2) is 8.78 Å². The van der Waals surface area contributed by atoms with Gasteiger partial charge in [-0.05, 0) is 55.2 Å². The molecule has 0 aliphatic carbocycles. The van der Waals surface area contributed by atoms with Gasteiger partial charge in [-0.15, -0.1) is 0 Å². The molecule has 2 amide bonds. The highest BCUT2D eigenvalue weighted by atomic mass is 19.1. The number of likely N-dealkylation sites (tertiary alicyclic amines) is 1. The molecular weight excluding hydrogens is 362 g/mol. The average molecular weight is 386 g/mol. The van der Waals surface area contributed by atoms with Gasteiger partial charge in [0.2, 0.25) is 11.8 Å². The number of nitrogens with zero attached hydrogens (tertiary/aromatic N) is 1. The van der Waals surface area contributed by atoms with E-state index < -0.39 is 11.3 Å². The number of hydrogen-bond acceptors (Lipinski definition) is 2. The van der Waals surface area contributed by atoms with Gasteiger partial charge in [0.15, 0.2) is 0 Å². The molecule has 1 heterocycles. The fraction of sp³-hybridized carbons (Fsp3) is 0.364. The molecule has 148 valence electrons. The van der Waals surface area contributed by atoms with Crippen LogP contribution in [0.5, 0.6) is 0 Å². The Labute approximate surface area is 163 Å². The molecule has 2 atom stereocenters. The maximum absolute atomic E-state index is 13.4. The highest BCUT2D eigenvalue weighted by molar-refractivity contribution is 5.80. The van der Waals surface area contributed by atoms with Gasteiger partial charge in [0, 0.05) is 24.8 Å². The summed E-state index contributed by atoms with van der Waals surface area (Å²) in [6.45, 7) is 2.41. The van der Waals surface area contributed by atoms with Crippen LogP contribution >= 0.6 is 0 Å². The summed E-state index contributed by atoms with van der Waals surface area (Å²) in [5, 5.41) is 0. The molecule has 3 rings (SSSR count). The molecule has 0 bridgehead atoms. The van der Waals surface area contributed by atoms with Crippen LogP contribution in [0.15, 0.2) is 48.5 Å². The van der Waals surface area contributed by atoms with Gasteiger partial charge in [0.1, 0.15) is 11.6 Å². The fourth-order valence-corrected chi connectivity index (χ4v) is 4.04. The summed E-state index contributed by atoms with van der Waals surface area (Å²) in [7, 11) is 0. The molecule has 0 radical (unpaired) electrons. The molecular formula is C22H24F2N2O2. The number of hydrogen-bond donors (Lipinski definition) is 1. The average Bonchev–Trinajstić information content (AvgIpc) is 2.67. The Morgan fingerprint density at radius 3 is 2.21 bits per heavy atom. The first kappa shape index (κ1) is 20.0. The van der Waals surface area contributed by atoms with E-state index >= 15 is 0 Å². The van der Waals surface area contributed by atoms with Gasteiger partial charge in [-0.2, -0.15) is 0 Å². The number of carbonyl (C=O) groups is 2. The maximum Gasteiger partial charge on any atom is 0.223 e. The Kier molecular flexibility index (Phi) is 5.77. The lowest BCUT2D eigenvalue weighted by Crippen LogP contribution is -2.47. The molecule has 2 aromatic rings. The molecule has 1 unspecified atom stereocenters. The number of benzene rings is 2. The van der Waals surface area contributed by atoms with Crippen molar-refractivity contribution in [1.29, 1.82) is 0 Å². The van der Waals surface area contributed by atoms with Crippen molar-refractivity contribution in [2.45, 2.75) is 44.1 Å². The third-order valence-corrected chi connectivity index (χ3v) is 5.77. The van der Waals surface area contributed by atoms with Crippen LogP contribution in [0.2, 0.25) is 0 Å². The summed E-state index contributed by atoms with van der Waals surface area (Å²) < 4.78 is 26.6. The van der Waals surface area contributed by atoms with E-state index in [2.05, 4.69) is 0 Å². The summed E-state index contributed by atoms with van der Waals surface area (Å²) >= 11 is 0. The van der Waals surface area contributed by atoms with Gasteiger partial charge in [0.05, 0.1) is 6.04 Å². The first-order valence-corrected chi connectivity index (χ1v) is 9.40. The topological polar surface area (TPSA) is 63.4 Å². The van der Waals surface area contributed by atoms with Crippen molar-refractivity contribution in [1.82, 2.24) is 4.90 Å². The lowest BCUT2D eigenvalue weighted by molar-refractivity contribution is -0.139. The first-order chi connectivity index (χ1) is 13.3. The highest BCUT2D eigenvalue weighted by Crippen LogP contribution is 2.42. The second kappa shape index (κ2) is 8.09. The van der Waals surface area contributed by atoms with Gasteiger partial charge in [0.25, 0.3) is 0 Å². The molecule has 6 heteroatoms. The zero-order valence-corrected chi connectivity index (χ0v) is 15.8. The Balaban J connectivity index is 1.83. The van der Waals surface area contributed by atoms with Crippen LogP contribution in [-0.2, 0) is 15.0 Å². The van der Waals surface area contributed by atoms with E-state index in [9.17, 15) is 18.4 Å². The molecule has 2 N–H and O–H groups in total. The maximum atomic E-state index is 13.4. The van der Waals surface area contributed by atoms with E-state index in [0.29, 0.717) is 19.4 Å². The normalized spacial score (nSPS) is 20.8. The molecule has 0 saturated carbocycles. The molecule has 0 spiro atoms. The number of nitrogens with two attached hydrogens (primary N) is 1. The van der Waals surface area contributed by atoms with Crippen LogP contribution in [0.3, 0.4) is 0 Å². The number of rotatable bonds is 6. The Hall–Kier alpha value is -2.76. The minimum Gasteiger partial charge on any atom is -0.370 e. The largest absolute Gasteiger partial charge is 0.370 e. The number of piperidine rings is 1. The zero-order valence-electron chi connectivity index (χ0n) is 15.8. The highest BCUT2D eigenvalue weighted by Gasteiger charge is 2.41.